The van der Waals surface area contributed by atoms with Gasteiger partial charge < -0.3 is 9.64 Å². The summed E-state index contributed by atoms with van der Waals surface area (Å²) in [5.41, 5.74) is -0.677. The van der Waals surface area contributed by atoms with Gasteiger partial charge in [0.25, 0.3) is 5.91 Å². The molecular formula is C17H14BrF3N4O2. The van der Waals surface area contributed by atoms with Gasteiger partial charge in [-0.15, -0.1) is 0 Å². The van der Waals surface area contributed by atoms with Crippen molar-refractivity contribution in [3.8, 4) is 5.88 Å². The molecule has 2 aromatic rings. The van der Waals surface area contributed by atoms with Crippen LogP contribution in [0.5, 0.6) is 5.88 Å². The molecule has 10 heteroatoms. The van der Waals surface area contributed by atoms with Gasteiger partial charge >= 0.3 is 6.18 Å². The van der Waals surface area contributed by atoms with E-state index >= 15 is 0 Å². The van der Waals surface area contributed by atoms with Crippen molar-refractivity contribution in [2.24, 2.45) is 17.8 Å². The Labute approximate surface area is 160 Å². The Bertz CT molecular complexity index is 850. The van der Waals surface area contributed by atoms with E-state index in [4.69, 9.17) is 4.74 Å². The number of rotatable bonds is 4. The predicted octanol–water partition coefficient (Wildman–Crippen LogP) is 3.05. The van der Waals surface area contributed by atoms with Gasteiger partial charge in [0.15, 0.2) is 0 Å². The van der Waals surface area contributed by atoms with Gasteiger partial charge in [-0.3, -0.25) is 4.79 Å². The minimum atomic E-state index is -4.49. The average Bonchev–Trinajstić information content (AvgIpc) is 3.08. The molecule has 0 spiro atoms. The van der Waals surface area contributed by atoms with Gasteiger partial charge in [0.2, 0.25) is 5.88 Å². The Morgan fingerprint density at radius 1 is 1.22 bits per heavy atom. The molecule has 0 aromatic carbocycles. The Kier molecular flexibility index (Phi) is 4.53. The number of amides is 1. The van der Waals surface area contributed by atoms with Crippen LogP contribution in [0.1, 0.15) is 16.2 Å². The topological polar surface area (TPSA) is 68.2 Å². The molecule has 2 aromatic heterocycles. The first-order valence-electron chi connectivity index (χ1n) is 8.27. The molecule has 0 unspecified atom stereocenters. The standard InChI is InChI=1S/C17H14BrF3N4O2/c18-14-5-22-12(4-23-14)16(26)25-6-9-10(7-25)11(9)8-27-15-3-1-2-13(24-15)17(19,20)21/h1-5,9-11H,6-8H2/t9-,10+,11+. The zero-order chi connectivity index (χ0) is 19.2. The molecular weight excluding hydrogens is 429 g/mol. The SMILES string of the molecule is O=C(c1cnc(Br)cn1)N1C[C@@H]2[C@@H](COc3cccc(C(F)(F)F)n3)[C@@H]2C1. The maximum Gasteiger partial charge on any atom is 0.433 e. The first kappa shape index (κ1) is 18.1. The average molecular weight is 443 g/mol. The zero-order valence-corrected chi connectivity index (χ0v) is 15.4. The number of pyridine rings is 1. The molecule has 2 aliphatic rings. The quantitative estimate of drug-likeness (QED) is 0.727. The number of fused-ring (bicyclic) bond motifs is 1. The molecule has 1 saturated carbocycles. The normalized spacial score (nSPS) is 23.9. The molecule has 1 saturated heterocycles. The Morgan fingerprint density at radius 3 is 2.59 bits per heavy atom. The number of hydrogen-bond acceptors (Lipinski definition) is 5. The number of nitrogens with zero attached hydrogens (tertiary/aromatic N) is 4. The van der Waals surface area contributed by atoms with Gasteiger partial charge in [0.05, 0.1) is 19.0 Å². The smallest absolute Gasteiger partial charge is 0.433 e. The molecule has 1 aliphatic heterocycles. The lowest BCUT2D eigenvalue weighted by Crippen LogP contribution is -2.32. The van der Waals surface area contributed by atoms with E-state index in [9.17, 15) is 18.0 Å². The van der Waals surface area contributed by atoms with Crippen LogP contribution >= 0.6 is 15.9 Å². The number of ether oxygens (including phenoxy) is 1. The van der Waals surface area contributed by atoms with Crippen molar-refractivity contribution in [3.63, 3.8) is 0 Å². The Balaban J connectivity index is 1.29. The molecule has 6 nitrogen and oxygen atoms in total. The number of aromatic nitrogens is 3. The highest BCUT2D eigenvalue weighted by molar-refractivity contribution is 9.10. The van der Waals surface area contributed by atoms with Gasteiger partial charge in [-0.25, -0.2) is 15.0 Å². The van der Waals surface area contributed by atoms with E-state index in [0.717, 1.165) is 6.07 Å². The van der Waals surface area contributed by atoms with Gasteiger partial charge in [-0.1, -0.05) is 6.07 Å². The van der Waals surface area contributed by atoms with Crippen molar-refractivity contribution in [1.82, 2.24) is 19.9 Å². The maximum atomic E-state index is 12.7. The number of alkyl halides is 3. The van der Waals surface area contributed by atoms with Crippen LogP contribution in [0.15, 0.2) is 35.2 Å². The van der Waals surface area contributed by atoms with Crippen LogP contribution in [0.3, 0.4) is 0 Å². The summed E-state index contributed by atoms with van der Waals surface area (Å²) in [5.74, 6) is 0.613. The lowest BCUT2D eigenvalue weighted by atomic mass is 10.2. The number of likely N-dealkylation sites (tertiary alicyclic amines) is 1. The fourth-order valence-electron chi connectivity index (χ4n) is 3.48. The third-order valence-electron chi connectivity index (χ3n) is 4.94. The van der Waals surface area contributed by atoms with Crippen molar-refractivity contribution in [2.75, 3.05) is 19.7 Å². The fraction of sp³-hybridized carbons (Fsp3) is 0.412. The van der Waals surface area contributed by atoms with Crippen LogP contribution in [0.25, 0.3) is 0 Å². The summed E-state index contributed by atoms with van der Waals surface area (Å²) in [6.45, 7) is 1.47. The van der Waals surface area contributed by atoms with Crippen LogP contribution in [-0.2, 0) is 6.18 Å². The van der Waals surface area contributed by atoms with Crippen LogP contribution < -0.4 is 4.74 Å². The molecule has 0 radical (unpaired) electrons. The number of hydrogen-bond donors (Lipinski definition) is 0. The van der Waals surface area contributed by atoms with Crippen LogP contribution in [0, 0.1) is 17.8 Å². The lowest BCUT2D eigenvalue weighted by molar-refractivity contribution is -0.141. The van der Waals surface area contributed by atoms with E-state index in [0.29, 0.717) is 41.8 Å². The monoisotopic (exact) mass is 442 g/mol. The van der Waals surface area contributed by atoms with Gasteiger partial charge in [0, 0.05) is 25.1 Å². The van der Waals surface area contributed by atoms with Gasteiger partial charge in [-0.05, 0) is 33.8 Å². The molecule has 0 N–H and O–H groups in total. The second-order valence-corrected chi connectivity index (χ2v) is 7.41. The summed E-state index contributed by atoms with van der Waals surface area (Å²) >= 11 is 3.17. The summed E-state index contributed by atoms with van der Waals surface area (Å²) in [5, 5.41) is 0. The van der Waals surface area contributed by atoms with Crippen molar-refractivity contribution < 1.29 is 22.7 Å². The van der Waals surface area contributed by atoms with Crippen molar-refractivity contribution in [3.05, 3.63) is 46.6 Å². The maximum absolute atomic E-state index is 12.7. The van der Waals surface area contributed by atoms with Crippen molar-refractivity contribution >= 4 is 21.8 Å². The molecule has 0 bridgehead atoms. The van der Waals surface area contributed by atoms with Crippen LogP contribution in [-0.4, -0.2) is 45.5 Å². The number of carbonyl (C=O) groups is 1. The first-order valence-corrected chi connectivity index (χ1v) is 9.06. The van der Waals surface area contributed by atoms with Gasteiger partial charge in [-0.2, -0.15) is 13.2 Å². The molecule has 4 rings (SSSR count). The molecule has 1 aliphatic carbocycles. The minimum Gasteiger partial charge on any atom is -0.477 e. The summed E-state index contributed by atoms with van der Waals surface area (Å²) in [6, 6.07) is 3.60. The molecule has 142 valence electrons. The summed E-state index contributed by atoms with van der Waals surface area (Å²) < 4.78 is 44.1. The largest absolute Gasteiger partial charge is 0.477 e. The lowest BCUT2D eigenvalue weighted by Gasteiger charge is -2.19. The van der Waals surface area contributed by atoms with E-state index in [1.807, 2.05) is 0 Å². The second-order valence-electron chi connectivity index (χ2n) is 6.60. The predicted molar refractivity (Wildman–Crippen MR) is 90.8 cm³/mol. The Morgan fingerprint density at radius 2 is 1.96 bits per heavy atom. The van der Waals surface area contributed by atoms with E-state index in [2.05, 4.69) is 30.9 Å². The third kappa shape index (κ3) is 3.76. The highest BCUT2D eigenvalue weighted by atomic mass is 79.9. The van der Waals surface area contributed by atoms with E-state index in [1.54, 1.807) is 4.90 Å². The molecule has 3 heterocycles. The summed E-state index contributed by atoms with van der Waals surface area (Å²) in [4.78, 5) is 25.7. The summed E-state index contributed by atoms with van der Waals surface area (Å²) in [7, 11) is 0. The number of piperidine rings is 1. The Hall–Kier alpha value is -2.23. The van der Waals surface area contributed by atoms with Crippen LogP contribution in [0.2, 0.25) is 0 Å². The molecule has 1 amide bonds. The van der Waals surface area contributed by atoms with E-state index in [-0.39, 0.29) is 17.7 Å². The molecule has 2 fully saturated rings. The summed E-state index contributed by atoms with van der Waals surface area (Å²) in [6.07, 6.45) is -1.59. The highest BCUT2D eigenvalue weighted by Gasteiger charge is 2.57. The second kappa shape index (κ2) is 6.74. The number of halogens is 4. The van der Waals surface area contributed by atoms with Crippen molar-refractivity contribution in [1.29, 1.82) is 0 Å². The van der Waals surface area contributed by atoms with E-state index in [1.165, 1.54) is 24.5 Å². The first-order chi connectivity index (χ1) is 12.8. The fourth-order valence-corrected chi connectivity index (χ4v) is 3.69. The highest BCUT2D eigenvalue weighted by Crippen LogP contribution is 2.51. The zero-order valence-electron chi connectivity index (χ0n) is 13.9. The molecule has 3 atom stereocenters. The van der Waals surface area contributed by atoms with Crippen LogP contribution in [0.4, 0.5) is 13.2 Å². The van der Waals surface area contributed by atoms with E-state index < -0.39 is 11.9 Å². The molecule has 27 heavy (non-hydrogen) atoms. The minimum absolute atomic E-state index is 0.0344. The van der Waals surface area contributed by atoms with Crippen molar-refractivity contribution in [2.45, 2.75) is 6.18 Å². The third-order valence-corrected chi connectivity index (χ3v) is 5.35. The number of carbonyl (C=O) groups excluding carboxylic acids is 1. The van der Waals surface area contributed by atoms with Gasteiger partial charge in [0.1, 0.15) is 16.0 Å².